The molecule has 668 valence electrons. The number of primary amides is 1. The average Bonchev–Trinajstić information content (AvgIpc) is 0.850. The number of rotatable bonds is 60. The van der Waals surface area contributed by atoms with Crippen LogP contribution in [0.15, 0.2) is 45.3 Å². The van der Waals surface area contributed by atoms with Crippen LogP contribution in [-0.4, -0.2) is 257 Å². The Hall–Kier alpha value is -12.1. The van der Waals surface area contributed by atoms with E-state index in [0.717, 1.165) is 0 Å². The van der Waals surface area contributed by atoms with Crippen molar-refractivity contribution in [1.82, 2.24) is 69.1 Å². The predicted octanol–water partition coefficient (Wildman–Crippen LogP) is -8.38. The first kappa shape index (κ1) is 105. The van der Waals surface area contributed by atoms with Crippen LogP contribution in [0, 0.1) is 17.8 Å². The molecule has 1 rings (SSSR count). The van der Waals surface area contributed by atoms with Gasteiger partial charge in [-0.1, -0.05) is 71.9 Å². The fourth-order valence-corrected chi connectivity index (χ4v) is 11.4. The Morgan fingerprint density at radius 3 is 1.08 bits per heavy atom. The summed E-state index contributed by atoms with van der Waals surface area (Å²) in [6.07, 6.45) is -4.37. The number of carboxylic acids is 3. The summed E-state index contributed by atoms with van der Waals surface area (Å²) in [5.41, 5.74) is 50.6. The number of aliphatic hydroxyl groups is 1. The summed E-state index contributed by atoms with van der Waals surface area (Å²) < 4.78 is 0. The van der Waals surface area contributed by atoms with Gasteiger partial charge in [0.1, 0.15) is 78.5 Å². The molecule has 0 aliphatic heterocycles. The van der Waals surface area contributed by atoms with Crippen molar-refractivity contribution in [2.75, 3.05) is 39.3 Å². The van der Waals surface area contributed by atoms with E-state index in [9.17, 15) is 92.0 Å². The van der Waals surface area contributed by atoms with Crippen LogP contribution in [0.4, 0.5) is 0 Å². The molecule has 0 fully saturated rings. The highest BCUT2D eigenvalue weighted by Gasteiger charge is 2.38. The quantitative estimate of drug-likeness (QED) is 0.0164. The number of carbonyl (C=O) groups is 17. The van der Waals surface area contributed by atoms with E-state index in [0.29, 0.717) is 18.4 Å². The zero-order valence-electron chi connectivity index (χ0n) is 68.4. The van der Waals surface area contributed by atoms with Crippen molar-refractivity contribution in [3.8, 4) is 0 Å². The van der Waals surface area contributed by atoms with Gasteiger partial charge in [-0.2, -0.15) is 0 Å². The minimum Gasteiger partial charge on any atom is -0.481 e. The molecular formula is C73H125N25O21. The maximum atomic E-state index is 15.0. The second-order valence-electron chi connectivity index (χ2n) is 29.4. The van der Waals surface area contributed by atoms with Crippen molar-refractivity contribution >= 4 is 118 Å². The minimum absolute atomic E-state index is 0.000156. The first-order valence-electron chi connectivity index (χ1n) is 39.0. The number of aliphatic carboxylic acids is 3. The van der Waals surface area contributed by atoms with Gasteiger partial charge in [0, 0.05) is 45.3 Å². The van der Waals surface area contributed by atoms with Crippen LogP contribution >= 0.6 is 0 Å². The molecule has 0 spiro atoms. The molecule has 0 saturated carbocycles. The summed E-state index contributed by atoms with van der Waals surface area (Å²) in [5.74, 6) is -20.9. The summed E-state index contributed by atoms with van der Waals surface area (Å²) >= 11 is 0. The lowest BCUT2D eigenvalue weighted by Gasteiger charge is -2.29. The Kier molecular flexibility index (Phi) is 49.6. The fraction of sp³-hybridized carbons (Fsp3) is 0.644. The van der Waals surface area contributed by atoms with E-state index in [-0.39, 0.29) is 108 Å². The molecule has 14 amide bonds. The van der Waals surface area contributed by atoms with Gasteiger partial charge < -0.3 is 141 Å². The third-order valence-electron chi connectivity index (χ3n) is 17.7. The Balaban J connectivity index is 3.96. The third kappa shape index (κ3) is 44.7. The summed E-state index contributed by atoms with van der Waals surface area (Å²) in [6.45, 7) is 9.42. The van der Waals surface area contributed by atoms with Crippen molar-refractivity contribution in [2.45, 2.75) is 243 Å². The standard InChI is InChI=1S/C73H125N25O21/c1-37(2)32-50(95-62(110)46(23-26-55(102)103)88-54(101)35-86-58(106)40(7)87-59(107)42(75)36-99)67(115)93-48(24-27-56(104)105)64(112)96-51(33-38(3)4)66(114)92-47(22-25-53(76)100)63(111)97-52(34-41-16-9-8-10-17-41)68(116)91-44(20-14-30-84-72(79)80)61(109)89-43(19-13-29-83-71(77)78)60(108)90-45(21-15-31-85-73(81)82)65(113)98-57(39(5)6)69(117)94-49(70(118)119)18-11-12-28-74/h8-10,16-17,37-40,42-52,57,99H,11-15,18-36,74-75H2,1-7H3,(H2,76,100)(H,86,106)(H,87,107)(H,88,101)(H,89,109)(H,90,108)(H,91,116)(H,92,114)(H,93,115)(H,94,117)(H,95,110)(H,96,112)(H,97,111)(H,98,113)(H,102,103)(H,104,105)(H,118,119)(H4,77,78,83)(H4,79,80,84)(H4,81,82,85)/t40-,42-,43-,44-,45-,46-,47-,48-,49-,50-,51-,52-,57-/m0/s1. The van der Waals surface area contributed by atoms with Crippen molar-refractivity contribution < 1.29 is 102 Å². The second kappa shape index (κ2) is 56.3. The molecule has 0 aliphatic carbocycles. The predicted molar refractivity (Wildman–Crippen MR) is 433 cm³/mol. The van der Waals surface area contributed by atoms with E-state index < -0.39 is 249 Å². The van der Waals surface area contributed by atoms with Crippen LogP contribution in [0.25, 0.3) is 0 Å². The Bertz CT molecular complexity index is 3630. The molecule has 0 bridgehead atoms. The van der Waals surface area contributed by atoms with Gasteiger partial charge in [-0.25, -0.2) is 4.79 Å². The first-order valence-corrected chi connectivity index (χ1v) is 39.0. The van der Waals surface area contributed by atoms with Crippen LogP contribution in [0.2, 0.25) is 0 Å². The number of aliphatic hydroxyl groups excluding tert-OH is 1. The molecule has 0 heterocycles. The molecule has 0 aliphatic rings. The van der Waals surface area contributed by atoms with E-state index in [4.69, 9.17) is 56.7 Å². The number of hydrogen-bond donors (Lipinski definition) is 26. The van der Waals surface area contributed by atoms with Gasteiger partial charge in [0.2, 0.25) is 82.7 Å². The average molecular weight is 1690 g/mol. The normalized spacial score (nSPS) is 14.3. The van der Waals surface area contributed by atoms with Crippen LogP contribution < -0.4 is 121 Å². The van der Waals surface area contributed by atoms with Crippen LogP contribution in [-0.2, 0) is 87.9 Å². The number of aliphatic imine (C=N–C) groups is 3. The van der Waals surface area contributed by atoms with Gasteiger partial charge in [0.05, 0.1) is 13.2 Å². The molecule has 0 unspecified atom stereocenters. The zero-order chi connectivity index (χ0) is 90.2. The lowest BCUT2D eigenvalue weighted by Crippen LogP contribution is -2.61. The highest BCUT2D eigenvalue weighted by Crippen LogP contribution is 2.16. The Morgan fingerprint density at radius 2 is 0.723 bits per heavy atom. The molecule has 46 heteroatoms. The third-order valence-corrected chi connectivity index (χ3v) is 17.7. The zero-order valence-corrected chi connectivity index (χ0v) is 68.4. The summed E-state index contributed by atoms with van der Waals surface area (Å²) in [6, 6.07) is -12.1. The number of benzene rings is 1. The number of nitrogens with zero attached hydrogens (tertiary/aromatic N) is 3. The highest BCUT2D eigenvalue weighted by molar-refractivity contribution is 6.00. The van der Waals surface area contributed by atoms with Gasteiger partial charge in [-0.05, 0) is 127 Å². The molecular weight excluding hydrogens is 1560 g/mol. The van der Waals surface area contributed by atoms with E-state index in [1.807, 2.05) is 0 Å². The van der Waals surface area contributed by atoms with Gasteiger partial charge >= 0.3 is 17.9 Å². The number of unbranched alkanes of at least 4 members (excludes halogenated alkanes) is 1. The molecule has 0 aromatic heterocycles. The lowest BCUT2D eigenvalue weighted by atomic mass is 9.99. The fourth-order valence-electron chi connectivity index (χ4n) is 11.4. The van der Waals surface area contributed by atoms with Crippen molar-refractivity contribution in [3.63, 3.8) is 0 Å². The number of carbonyl (C=O) groups excluding carboxylic acids is 14. The maximum Gasteiger partial charge on any atom is 0.326 e. The number of hydrogen-bond acceptors (Lipinski definition) is 23. The molecule has 13 atom stereocenters. The van der Waals surface area contributed by atoms with Gasteiger partial charge in [0.15, 0.2) is 17.9 Å². The van der Waals surface area contributed by atoms with Crippen molar-refractivity contribution in [3.05, 3.63) is 35.9 Å². The first-order chi connectivity index (χ1) is 55.9. The minimum atomic E-state index is -1.80. The smallest absolute Gasteiger partial charge is 0.326 e. The van der Waals surface area contributed by atoms with E-state index in [2.05, 4.69) is 84.1 Å². The monoisotopic (exact) mass is 1690 g/mol. The topological polar surface area (TPSA) is 799 Å². The van der Waals surface area contributed by atoms with E-state index in [1.54, 1.807) is 71.9 Å². The largest absolute Gasteiger partial charge is 0.481 e. The van der Waals surface area contributed by atoms with Gasteiger partial charge in [0.25, 0.3) is 0 Å². The summed E-state index contributed by atoms with van der Waals surface area (Å²) in [4.78, 5) is 244. The SMILES string of the molecule is CC(C)C[C@H](NC(=O)[C@H](CCC(=O)O)NC(=O)CNC(=O)[C@H](C)NC(=O)[C@@H](N)CO)C(=O)N[C@@H](CCC(=O)O)C(=O)N[C@@H](CC(C)C)C(=O)N[C@@H](CCC(N)=O)C(=O)N[C@@H](Cc1ccccc1)C(=O)N[C@@H](CCCN=C(N)N)C(=O)N[C@@H](CCCN=C(N)N)C(=O)N[C@@H](CCCN=C(N)N)C(=O)N[C@H](C(=O)N[C@@H](CCCCN)C(=O)O)C(C)C. The molecule has 0 radical (unpaired) electrons. The van der Waals surface area contributed by atoms with Crippen molar-refractivity contribution in [2.24, 2.45) is 84.3 Å². The number of guanidine groups is 3. The Morgan fingerprint density at radius 1 is 0.378 bits per heavy atom. The van der Waals surface area contributed by atoms with Gasteiger partial charge in [-0.3, -0.25) is 91.7 Å². The molecule has 1 aromatic rings. The molecule has 1 aromatic carbocycles. The molecule has 46 nitrogen and oxygen atoms in total. The lowest BCUT2D eigenvalue weighted by molar-refractivity contribution is -0.143. The van der Waals surface area contributed by atoms with Gasteiger partial charge in [-0.15, -0.1) is 0 Å². The number of carboxylic acid groups (broad SMARTS) is 3. The number of nitrogens with one attached hydrogen (secondary N) is 13. The highest BCUT2D eigenvalue weighted by atomic mass is 16.4. The van der Waals surface area contributed by atoms with Crippen LogP contribution in [0.5, 0.6) is 0 Å². The van der Waals surface area contributed by atoms with Crippen LogP contribution in [0.1, 0.15) is 163 Å². The van der Waals surface area contributed by atoms with E-state index in [1.165, 1.54) is 6.92 Å². The number of amides is 14. The summed E-state index contributed by atoms with van der Waals surface area (Å²) in [7, 11) is 0. The number of nitrogens with two attached hydrogens (primary N) is 9. The van der Waals surface area contributed by atoms with Crippen molar-refractivity contribution in [1.29, 1.82) is 0 Å². The Labute approximate surface area is 689 Å². The van der Waals surface area contributed by atoms with E-state index >= 15 is 4.79 Å². The second-order valence-corrected chi connectivity index (χ2v) is 29.4. The summed E-state index contributed by atoms with van der Waals surface area (Å²) in [5, 5.41) is 70.6. The molecule has 35 N–H and O–H groups in total. The molecule has 0 saturated heterocycles. The maximum absolute atomic E-state index is 15.0. The molecule has 119 heavy (non-hydrogen) atoms. The van der Waals surface area contributed by atoms with Crippen LogP contribution in [0.3, 0.4) is 0 Å².